The predicted octanol–water partition coefficient (Wildman–Crippen LogP) is 2.57. The van der Waals surface area contributed by atoms with Crippen molar-refractivity contribution in [3.8, 4) is 5.75 Å². The van der Waals surface area contributed by atoms with E-state index in [0.29, 0.717) is 37.3 Å². The third-order valence-corrected chi connectivity index (χ3v) is 4.93. The quantitative estimate of drug-likeness (QED) is 0.804. The number of aromatic nitrogens is 1. The van der Waals surface area contributed by atoms with Crippen molar-refractivity contribution in [3.63, 3.8) is 0 Å². The molecule has 3 heterocycles. The predicted molar refractivity (Wildman–Crippen MR) is 102 cm³/mol. The zero-order chi connectivity index (χ0) is 20.2. The molecule has 1 N–H and O–H groups in total. The molecule has 4 rings (SSSR count). The molecule has 9 heteroatoms. The third-order valence-electron chi connectivity index (χ3n) is 4.93. The molecule has 1 fully saturated rings. The van der Waals surface area contributed by atoms with Gasteiger partial charge in [-0.3, -0.25) is 9.78 Å². The molecule has 0 aliphatic carbocycles. The number of carbonyl (C=O) groups excluding carboxylic acids is 1. The average Bonchev–Trinajstić information content (AvgIpc) is 3.38. The molecule has 0 spiro atoms. The number of anilines is 1. The van der Waals surface area contributed by atoms with Crippen LogP contribution in [-0.4, -0.2) is 48.4 Å². The Morgan fingerprint density at radius 3 is 2.83 bits per heavy atom. The lowest BCUT2D eigenvalue weighted by molar-refractivity contribution is -0.131. The number of alkyl halides is 2. The van der Waals surface area contributed by atoms with Crippen LogP contribution in [0.2, 0.25) is 0 Å². The van der Waals surface area contributed by atoms with Crippen LogP contribution < -0.4 is 15.0 Å². The van der Waals surface area contributed by atoms with E-state index in [1.165, 1.54) is 6.07 Å². The van der Waals surface area contributed by atoms with E-state index < -0.39 is 12.7 Å². The van der Waals surface area contributed by atoms with Gasteiger partial charge in [-0.15, -0.1) is 0 Å². The highest BCUT2D eigenvalue weighted by Crippen LogP contribution is 2.32. The third kappa shape index (κ3) is 4.44. The fourth-order valence-electron chi connectivity index (χ4n) is 3.54. The second kappa shape index (κ2) is 8.42. The maximum atomic E-state index is 12.6. The Balaban J connectivity index is 1.33. The van der Waals surface area contributed by atoms with Crippen molar-refractivity contribution in [2.75, 3.05) is 18.0 Å². The molecule has 0 saturated carbocycles. The molecule has 7 nitrogen and oxygen atoms in total. The van der Waals surface area contributed by atoms with E-state index in [9.17, 15) is 13.6 Å². The van der Waals surface area contributed by atoms with Gasteiger partial charge in [0.05, 0.1) is 11.4 Å². The van der Waals surface area contributed by atoms with E-state index in [0.717, 1.165) is 5.56 Å². The van der Waals surface area contributed by atoms with E-state index in [1.54, 1.807) is 30.6 Å². The molecule has 29 heavy (non-hydrogen) atoms. The number of hydrogen-bond acceptors (Lipinski definition) is 6. The number of halogens is 2. The smallest absolute Gasteiger partial charge is 0.387 e. The maximum absolute atomic E-state index is 12.6. The molecule has 1 aromatic carbocycles. The number of hydrogen-bond donors (Lipinski definition) is 1. The van der Waals surface area contributed by atoms with Gasteiger partial charge < -0.3 is 19.8 Å². The molecule has 1 saturated heterocycles. The molecule has 0 radical (unpaired) electrons. The Morgan fingerprint density at radius 1 is 1.24 bits per heavy atom. The molecule has 1 amide bonds. The number of amides is 1. The topological polar surface area (TPSA) is 76.1 Å². The number of para-hydroxylation sites is 2. The number of nitrogens with zero attached hydrogens (tertiary/aromatic N) is 3. The van der Waals surface area contributed by atoms with Gasteiger partial charge in [0.15, 0.2) is 0 Å². The summed E-state index contributed by atoms with van der Waals surface area (Å²) in [6.45, 7) is -1.76. The summed E-state index contributed by atoms with van der Waals surface area (Å²) >= 11 is 0. The Kier molecular flexibility index (Phi) is 5.55. The van der Waals surface area contributed by atoms with Crippen LogP contribution >= 0.6 is 0 Å². The minimum absolute atomic E-state index is 0.115. The number of carbonyl (C=O) groups is 1. The monoisotopic (exact) mass is 402 g/mol. The van der Waals surface area contributed by atoms with Crippen molar-refractivity contribution < 1.29 is 23.1 Å². The van der Waals surface area contributed by atoms with Crippen LogP contribution in [0.25, 0.3) is 0 Å². The highest BCUT2D eigenvalue weighted by Gasteiger charge is 2.32. The number of ether oxygens (including phenoxy) is 1. The van der Waals surface area contributed by atoms with Gasteiger partial charge in [-0.2, -0.15) is 8.78 Å². The number of nitrogens with one attached hydrogen (secondary N) is 1. The van der Waals surface area contributed by atoms with Crippen molar-refractivity contribution in [2.45, 2.75) is 31.6 Å². The Bertz CT molecular complexity index is 894. The number of rotatable bonds is 6. The molecule has 2 atom stereocenters. The van der Waals surface area contributed by atoms with E-state index in [2.05, 4.69) is 20.2 Å². The Morgan fingerprint density at radius 2 is 2.03 bits per heavy atom. The standard InChI is InChI=1S/C20H20F2N4O3/c21-20(22)28-17-4-2-1-3-16(17)26-10-7-14(12-26)24-19(27)18-11-15(25-29-18)13-5-8-23-9-6-13/h1-6,8-9,14,18,20H,7,10-12H2,(H,24,27). The summed E-state index contributed by atoms with van der Waals surface area (Å²) in [7, 11) is 0. The van der Waals surface area contributed by atoms with Gasteiger partial charge in [-0.1, -0.05) is 17.3 Å². The number of pyridine rings is 1. The fraction of sp³-hybridized carbons (Fsp3) is 0.350. The molecule has 1 aromatic heterocycles. The van der Waals surface area contributed by atoms with Crippen LogP contribution in [0.1, 0.15) is 18.4 Å². The molecular weight excluding hydrogens is 382 g/mol. The summed E-state index contributed by atoms with van der Waals surface area (Å²) in [5.74, 6) is -0.106. The lowest BCUT2D eigenvalue weighted by atomic mass is 10.1. The summed E-state index contributed by atoms with van der Waals surface area (Å²) in [4.78, 5) is 23.8. The first-order valence-electron chi connectivity index (χ1n) is 9.32. The minimum Gasteiger partial charge on any atom is -0.433 e. The zero-order valence-corrected chi connectivity index (χ0v) is 15.5. The van der Waals surface area contributed by atoms with Gasteiger partial charge in [-0.05, 0) is 30.7 Å². The Labute approximate surface area is 166 Å². The molecule has 152 valence electrons. The van der Waals surface area contributed by atoms with Gasteiger partial charge in [0.2, 0.25) is 6.10 Å². The maximum Gasteiger partial charge on any atom is 0.387 e. The largest absolute Gasteiger partial charge is 0.433 e. The van der Waals surface area contributed by atoms with Crippen molar-refractivity contribution in [2.24, 2.45) is 5.16 Å². The lowest BCUT2D eigenvalue weighted by Crippen LogP contribution is -2.43. The molecular formula is C20H20F2N4O3. The first-order chi connectivity index (χ1) is 14.1. The van der Waals surface area contributed by atoms with E-state index in [-0.39, 0.29) is 17.7 Å². The summed E-state index contributed by atoms with van der Waals surface area (Å²) in [6.07, 6.45) is 3.72. The highest BCUT2D eigenvalue weighted by molar-refractivity contribution is 6.03. The molecule has 2 aliphatic heterocycles. The van der Waals surface area contributed by atoms with Crippen molar-refractivity contribution in [1.82, 2.24) is 10.3 Å². The second-order valence-electron chi connectivity index (χ2n) is 6.86. The van der Waals surface area contributed by atoms with Gasteiger partial charge in [0, 0.05) is 43.5 Å². The normalized spacial score (nSPS) is 21.1. The lowest BCUT2D eigenvalue weighted by Gasteiger charge is -2.22. The summed E-state index contributed by atoms with van der Waals surface area (Å²) < 4.78 is 29.9. The van der Waals surface area contributed by atoms with E-state index >= 15 is 0 Å². The first-order valence-corrected chi connectivity index (χ1v) is 9.32. The average molecular weight is 402 g/mol. The van der Waals surface area contributed by atoms with Crippen molar-refractivity contribution >= 4 is 17.3 Å². The van der Waals surface area contributed by atoms with Crippen LogP contribution in [0.15, 0.2) is 53.9 Å². The van der Waals surface area contributed by atoms with Gasteiger partial charge in [0.25, 0.3) is 5.91 Å². The van der Waals surface area contributed by atoms with E-state index in [4.69, 9.17) is 4.84 Å². The Hall–Kier alpha value is -3.23. The van der Waals surface area contributed by atoms with Crippen LogP contribution in [0.4, 0.5) is 14.5 Å². The van der Waals surface area contributed by atoms with Crippen LogP contribution in [0, 0.1) is 0 Å². The van der Waals surface area contributed by atoms with Gasteiger partial charge >= 0.3 is 6.61 Å². The number of oxime groups is 1. The van der Waals surface area contributed by atoms with Crippen LogP contribution in [0.3, 0.4) is 0 Å². The SMILES string of the molecule is O=C(NC1CCN(c2ccccc2OC(F)F)C1)C1CC(c2ccncc2)=NO1. The first kappa shape index (κ1) is 19.1. The van der Waals surface area contributed by atoms with Crippen molar-refractivity contribution in [3.05, 3.63) is 54.4 Å². The van der Waals surface area contributed by atoms with Crippen LogP contribution in [0.5, 0.6) is 5.75 Å². The fourth-order valence-corrected chi connectivity index (χ4v) is 3.54. The molecule has 2 aromatic rings. The molecule has 2 aliphatic rings. The van der Waals surface area contributed by atoms with Gasteiger partial charge in [0.1, 0.15) is 5.75 Å². The zero-order valence-electron chi connectivity index (χ0n) is 15.5. The van der Waals surface area contributed by atoms with Crippen molar-refractivity contribution in [1.29, 1.82) is 0 Å². The highest BCUT2D eigenvalue weighted by atomic mass is 19.3. The summed E-state index contributed by atoms with van der Waals surface area (Å²) in [6, 6.07) is 10.2. The van der Waals surface area contributed by atoms with Crippen LogP contribution in [-0.2, 0) is 9.63 Å². The van der Waals surface area contributed by atoms with Gasteiger partial charge in [-0.25, -0.2) is 0 Å². The molecule has 2 unspecified atom stereocenters. The molecule has 0 bridgehead atoms. The second-order valence-corrected chi connectivity index (χ2v) is 6.86. The summed E-state index contributed by atoms with van der Waals surface area (Å²) in [5, 5.41) is 6.99. The number of benzene rings is 1. The summed E-state index contributed by atoms with van der Waals surface area (Å²) in [5.41, 5.74) is 2.17. The minimum atomic E-state index is -2.89. The van der Waals surface area contributed by atoms with E-state index in [1.807, 2.05) is 17.0 Å².